The minimum Gasteiger partial charge on any atom is -0.497 e. The number of methoxy groups -OCH3 is 1. The molecule has 41 heavy (non-hydrogen) atoms. The van der Waals surface area contributed by atoms with Crippen LogP contribution in [-0.2, 0) is 26.2 Å². The maximum atomic E-state index is 14.0. The van der Waals surface area contributed by atoms with E-state index >= 15 is 0 Å². The number of benzene rings is 3. The number of nitrogens with one attached hydrogen (secondary N) is 1. The molecule has 1 N–H and O–H groups in total. The maximum Gasteiger partial charge on any atom is 0.264 e. The van der Waals surface area contributed by atoms with Gasteiger partial charge < -0.3 is 15.0 Å². The van der Waals surface area contributed by atoms with Crippen LogP contribution in [0.3, 0.4) is 0 Å². The zero-order valence-electron chi connectivity index (χ0n) is 23.7. The summed E-state index contributed by atoms with van der Waals surface area (Å²) in [6.45, 7) is 6.41. The molecule has 0 radical (unpaired) electrons. The van der Waals surface area contributed by atoms with Gasteiger partial charge in [0.25, 0.3) is 10.0 Å². The Balaban J connectivity index is 2.06. The van der Waals surface area contributed by atoms with Crippen molar-refractivity contribution in [1.82, 2.24) is 10.2 Å². The summed E-state index contributed by atoms with van der Waals surface area (Å²) in [6, 6.07) is 14.9. The summed E-state index contributed by atoms with van der Waals surface area (Å²) in [5, 5.41) is 2.88. The molecule has 11 heteroatoms. The number of hydrogen-bond acceptors (Lipinski definition) is 5. The average Bonchev–Trinajstić information content (AvgIpc) is 2.92. The molecule has 0 spiro atoms. The van der Waals surface area contributed by atoms with Gasteiger partial charge in [-0.2, -0.15) is 0 Å². The van der Waals surface area contributed by atoms with Gasteiger partial charge in [-0.1, -0.05) is 19.1 Å². The lowest BCUT2D eigenvalue weighted by Crippen LogP contribution is -2.55. The molecule has 8 nitrogen and oxygen atoms in total. The van der Waals surface area contributed by atoms with Gasteiger partial charge in [-0.25, -0.2) is 17.2 Å². The number of amides is 2. The van der Waals surface area contributed by atoms with Crippen LogP contribution in [0.4, 0.5) is 14.5 Å². The third-order valence-corrected chi connectivity index (χ3v) is 7.98. The molecule has 0 saturated heterocycles. The number of carbonyl (C=O) groups excluding carboxylic acids is 2. The van der Waals surface area contributed by atoms with Crippen LogP contribution in [0.15, 0.2) is 77.7 Å². The fourth-order valence-corrected chi connectivity index (χ4v) is 5.58. The molecule has 3 aromatic rings. The third kappa shape index (κ3) is 8.26. The third-order valence-electron chi connectivity index (χ3n) is 6.19. The van der Waals surface area contributed by atoms with Gasteiger partial charge in [0.2, 0.25) is 11.8 Å². The van der Waals surface area contributed by atoms with Crippen molar-refractivity contribution in [1.29, 1.82) is 0 Å². The summed E-state index contributed by atoms with van der Waals surface area (Å²) in [7, 11) is -2.88. The molecule has 0 bridgehead atoms. The molecule has 2 amide bonds. The van der Waals surface area contributed by atoms with Crippen molar-refractivity contribution < 1.29 is 31.5 Å². The normalized spacial score (nSPS) is 12.4. The highest BCUT2D eigenvalue weighted by Crippen LogP contribution is 2.26. The Morgan fingerprint density at radius 1 is 0.902 bits per heavy atom. The average molecular weight is 588 g/mol. The first-order valence-corrected chi connectivity index (χ1v) is 14.5. The lowest BCUT2D eigenvalue weighted by atomic mass is 10.1. The molecule has 0 aliphatic carbocycles. The van der Waals surface area contributed by atoms with Crippen LogP contribution in [-0.4, -0.2) is 50.4 Å². The summed E-state index contributed by atoms with van der Waals surface area (Å²) in [5.41, 5.74) is 0.0186. The maximum absolute atomic E-state index is 14.0. The minimum absolute atomic E-state index is 0.0597. The van der Waals surface area contributed by atoms with Gasteiger partial charge in [-0.05, 0) is 93.4 Å². The smallest absolute Gasteiger partial charge is 0.264 e. The number of carbonyl (C=O) groups is 2. The van der Waals surface area contributed by atoms with Crippen LogP contribution in [0.5, 0.6) is 5.75 Å². The molecule has 1 atom stereocenters. The monoisotopic (exact) mass is 587 g/mol. The van der Waals surface area contributed by atoms with E-state index in [0.29, 0.717) is 11.3 Å². The number of nitrogens with zero attached hydrogens (tertiary/aromatic N) is 2. The van der Waals surface area contributed by atoms with Crippen LogP contribution >= 0.6 is 0 Å². The molecule has 3 rings (SSSR count). The second-order valence-electron chi connectivity index (χ2n) is 10.5. The Kier molecular flexibility index (Phi) is 10.1. The molecule has 220 valence electrons. The Hall–Kier alpha value is -3.99. The highest BCUT2D eigenvalue weighted by molar-refractivity contribution is 7.92. The highest BCUT2D eigenvalue weighted by atomic mass is 32.2. The van der Waals surface area contributed by atoms with E-state index in [1.165, 1.54) is 72.7 Å². The van der Waals surface area contributed by atoms with Gasteiger partial charge in [0, 0.05) is 12.1 Å². The summed E-state index contributed by atoms with van der Waals surface area (Å²) in [5.74, 6) is -1.69. The molecular weight excluding hydrogens is 552 g/mol. The van der Waals surface area contributed by atoms with Crippen molar-refractivity contribution in [2.24, 2.45) is 0 Å². The van der Waals surface area contributed by atoms with Crippen molar-refractivity contribution in [2.45, 2.75) is 57.1 Å². The van der Waals surface area contributed by atoms with E-state index in [4.69, 9.17) is 4.74 Å². The van der Waals surface area contributed by atoms with E-state index < -0.39 is 51.6 Å². The van der Waals surface area contributed by atoms with Crippen molar-refractivity contribution in [3.63, 3.8) is 0 Å². The number of sulfonamides is 1. The van der Waals surface area contributed by atoms with Crippen LogP contribution in [0.25, 0.3) is 0 Å². The predicted octanol–water partition coefficient (Wildman–Crippen LogP) is 4.89. The predicted molar refractivity (Wildman–Crippen MR) is 153 cm³/mol. The van der Waals surface area contributed by atoms with E-state index in [0.717, 1.165) is 16.4 Å². The number of anilines is 1. The Morgan fingerprint density at radius 3 is 1.93 bits per heavy atom. The minimum atomic E-state index is -4.32. The van der Waals surface area contributed by atoms with Gasteiger partial charge in [0.1, 0.15) is 30.0 Å². The first-order valence-electron chi connectivity index (χ1n) is 13.0. The fourth-order valence-electron chi connectivity index (χ4n) is 4.17. The quantitative estimate of drug-likeness (QED) is 0.345. The largest absolute Gasteiger partial charge is 0.497 e. The highest BCUT2D eigenvalue weighted by Gasteiger charge is 2.34. The van der Waals surface area contributed by atoms with Crippen LogP contribution in [0.1, 0.15) is 39.7 Å². The molecule has 0 heterocycles. The Labute approximate surface area is 240 Å². The van der Waals surface area contributed by atoms with Crippen molar-refractivity contribution in [3.05, 3.63) is 90.0 Å². The number of halogens is 2. The van der Waals surface area contributed by atoms with Gasteiger partial charge in [-0.15, -0.1) is 0 Å². The summed E-state index contributed by atoms with van der Waals surface area (Å²) < 4.78 is 61.0. The fraction of sp³-hybridized carbons (Fsp3) is 0.333. The van der Waals surface area contributed by atoms with E-state index in [9.17, 15) is 26.8 Å². The Morgan fingerprint density at radius 2 is 1.44 bits per heavy atom. The van der Waals surface area contributed by atoms with E-state index in [1.807, 2.05) is 0 Å². The molecular formula is C30H35F2N3O5S. The molecule has 0 fully saturated rings. The second-order valence-corrected chi connectivity index (χ2v) is 12.3. The van der Waals surface area contributed by atoms with E-state index in [2.05, 4.69) is 5.32 Å². The molecule has 0 unspecified atom stereocenters. The lowest BCUT2D eigenvalue weighted by molar-refractivity contribution is -0.141. The number of ether oxygens (including phenoxy) is 1. The summed E-state index contributed by atoms with van der Waals surface area (Å²) in [4.78, 5) is 28.5. The standard InChI is InChI=1S/C30H35F2N3O5S/c1-6-27(29(37)33-30(2,3)4)34(19-21-7-9-22(31)10-8-21)28(36)20-35(24-13-11-23(32)12-14-24)41(38,39)26-17-15-25(40-5)16-18-26/h7-18,27H,6,19-20H2,1-5H3,(H,33,37)/t27-/m1/s1. The molecule has 0 aliphatic rings. The second kappa shape index (κ2) is 13.1. The first kappa shape index (κ1) is 31.5. The lowest BCUT2D eigenvalue weighted by Gasteiger charge is -2.34. The van der Waals surface area contributed by atoms with E-state index in [-0.39, 0.29) is 23.5 Å². The summed E-state index contributed by atoms with van der Waals surface area (Å²) in [6.07, 6.45) is 0.233. The van der Waals surface area contributed by atoms with Crippen molar-refractivity contribution in [2.75, 3.05) is 18.0 Å². The summed E-state index contributed by atoms with van der Waals surface area (Å²) >= 11 is 0. The van der Waals surface area contributed by atoms with Gasteiger partial charge in [0.15, 0.2) is 0 Å². The van der Waals surface area contributed by atoms with Gasteiger partial charge in [0.05, 0.1) is 17.7 Å². The molecule has 0 saturated carbocycles. The van der Waals surface area contributed by atoms with Crippen molar-refractivity contribution >= 4 is 27.5 Å². The number of rotatable bonds is 11. The SMILES string of the molecule is CC[C@H](C(=O)NC(C)(C)C)N(Cc1ccc(F)cc1)C(=O)CN(c1ccc(F)cc1)S(=O)(=O)c1ccc(OC)cc1. The molecule has 3 aromatic carbocycles. The van der Waals surface area contributed by atoms with E-state index in [1.54, 1.807) is 27.7 Å². The van der Waals surface area contributed by atoms with Crippen LogP contribution in [0, 0.1) is 11.6 Å². The van der Waals surface area contributed by atoms with Crippen LogP contribution < -0.4 is 14.4 Å². The van der Waals surface area contributed by atoms with Crippen molar-refractivity contribution in [3.8, 4) is 5.75 Å². The number of hydrogen-bond donors (Lipinski definition) is 1. The zero-order valence-corrected chi connectivity index (χ0v) is 24.5. The molecule has 0 aromatic heterocycles. The van der Waals surface area contributed by atoms with Gasteiger partial charge >= 0.3 is 0 Å². The zero-order chi connectivity index (χ0) is 30.4. The molecule has 0 aliphatic heterocycles. The van der Waals surface area contributed by atoms with Gasteiger partial charge in [-0.3, -0.25) is 13.9 Å². The topological polar surface area (TPSA) is 96.0 Å². The van der Waals surface area contributed by atoms with Crippen LogP contribution in [0.2, 0.25) is 0 Å². The first-order chi connectivity index (χ1) is 19.2. The Bertz CT molecular complexity index is 1440.